The number of imidazole rings is 1. The molecule has 0 saturated carbocycles. The van der Waals surface area contributed by atoms with Gasteiger partial charge >= 0.3 is 0 Å². The number of aromatic nitrogens is 4. The predicted octanol–water partition coefficient (Wildman–Crippen LogP) is -0.117. The fraction of sp³-hybridized carbons (Fsp3) is 0.500. The van der Waals surface area contributed by atoms with Crippen molar-refractivity contribution in [2.24, 2.45) is 16.5 Å². The van der Waals surface area contributed by atoms with Gasteiger partial charge in [-0.15, -0.1) is 0 Å². The topological polar surface area (TPSA) is 126 Å². The van der Waals surface area contributed by atoms with Crippen LogP contribution in [0.1, 0.15) is 13.8 Å². The smallest absolute Gasteiger partial charge is 0.192 e. The molecule has 0 radical (unpaired) electrons. The van der Waals surface area contributed by atoms with E-state index in [1.807, 2.05) is 18.4 Å². The Kier molecular flexibility index (Phi) is 3.22. The Morgan fingerprint density at radius 2 is 2.24 bits per heavy atom. The van der Waals surface area contributed by atoms with E-state index in [9.17, 15) is 0 Å². The standard InChI is InChI=1S/C12H17N7O2/c1-12(2)20-4-7(21-12)3-19-6-17-8-9(18-11(13)14)15-5-16-10(8)19/h5-7H,3-4H2,1-2H3,(H4,13,14,15,16,18). The fourth-order valence-corrected chi connectivity index (χ4v) is 2.28. The van der Waals surface area contributed by atoms with Gasteiger partial charge in [0.25, 0.3) is 0 Å². The molecule has 0 bridgehead atoms. The quantitative estimate of drug-likeness (QED) is 0.596. The number of hydrogen-bond acceptors (Lipinski definition) is 6. The summed E-state index contributed by atoms with van der Waals surface area (Å²) in [5, 5.41) is 0. The van der Waals surface area contributed by atoms with E-state index < -0.39 is 5.79 Å². The number of rotatable bonds is 3. The van der Waals surface area contributed by atoms with Gasteiger partial charge in [-0.25, -0.2) is 15.0 Å². The molecular formula is C12H17N7O2. The van der Waals surface area contributed by atoms with Crippen LogP contribution in [0.4, 0.5) is 5.82 Å². The Bertz CT molecular complexity index is 690. The van der Waals surface area contributed by atoms with Gasteiger partial charge in [0.1, 0.15) is 12.4 Å². The van der Waals surface area contributed by atoms with Gasteiger partial charge < -0.3 is 25.5 Å². The molecule has 0 aliphatic carbocycles. The van der Waals surface area contributed by atoms with Crippen LogP contribution in [0.2, 0.25) is 0 Å². The van der Waals surface area contributed by atoms with Crippen molar-refractivity contribution in [1.29, 1.82) is 0 Å². The van der Waals surface area contributed by atoms with Gasteiger partial charge in [0.2, 0.25) is 0 Å². The molecule has 1 fully saturated rings. The van der Waals surface area contributed by atoms with Crippen molar-refractivity contribution in [2.75, 3.05) is 6.61 Å². The number of guanidine groups is 1. The summed E-state index contributed by atoms with van der Waals surface area (Å²) in [5.74, 6) is -0.277. The monoisotopic (exact) mass is 291 g/mol. The lowest BCUT2D eigenvalue weighted by Gasteiger charge is -2.17. The number of ether oxygens (including phenoxy) is 2. The van der Waals surface area contributed by atoms with Crippen LogP contribution in [0.25, 0.3) is 11.2 Å². The molecule has 9 nitrogen and oxygen atoms in total. The molecule has 3 rings (SSSR count). The first-order valence-corrected chi connectivity index (χ1v) is 6.52. The molecule has 2 aromatic rings. The second-order valence-electron chi connectivity index (χ2n) is 5.25. The van der Waals surface area contributed by atoms with Crippen molar-refractivity contribution in [1.82, 2.24) is 19.5 Å². The van der Waals surface area contributed by atoms with Crippen molar-refractivity contribution in [3.05, 3.63) is 12.7 Å². The maximum Gasteiger partial charge on any atom is 0.192 e. The third-order valence-electron chi connectivity index (χ3n) is 3.08. The predicted molar refractivity (Wildman–Crippen MR) is 75.7 cm³/mol. The highest BCUT2D eigenvalue weighted by molar-refractivity contribution is 5.86. The third kappa shape index (κ3) is 2.78. The molecule has 112 valence electrons. The minimum absolute atomic E-state index is 0.0566. The third-order valence-corrected chi connectivity index (χ3v) is 3.08. The van der Waals surface area contributed by atoms with Gasteiger partial charge in [0, 0.05) is 0 Å². The van der Waals surface area contributed by atoms with Gasteiger partial charge in [0.05, 0.1) is 19.5 Å². The van der Waals surface area contributed by atoms with Crippen LogP contribution in [0.15, 0.2) is 17.6 Å². The Morgan fingerprint density at radius 1 is 1.43 bits per heavy atom. The summed E-state index contributed by atoms with van der Waals surface area (Å²) in [4.78, 5) is 16.5. The number of fused-ring (bicyclic) bond motifs is 1. The number of aliphatic imine (C=N–C) groups is 1. The van der Waals surface area contributed by atoms with Crippen molar-refractivity contribution >= 4 is 22.9 Å². The largest absolute Gasteiger partial charge is 0.370 e. The number of nitrogens with two attached hydrogens (primary N) is 2. The summed E-state index contributed by atoms with van der Waals surface area (Å²) >= 11 is 0. The molecule has 1 unspecified atom stereocenters. The second-order valence-corrected chi connectivity index (χ2v) is 5.25. The van der Waals surface area contributed by atoms with Crippen molar-refractivity contribution in [3.63, 3.8) is 0 Å². The van der Waals surface area contributed by atoms with E-state index in [-0.39, 0.29) is 12.1 Å². The van der Waals surface area contributed by atoms with Gasteiger partial charge in [0.15, 0.2) is 28.7 Å². The molecule has 9 heteroatoms. The normalized spacial score (nSPS) is 20.8. The molecule has 2 aromatic heterocycles. The van der Waals surface area contributed by atoms with Crippen LogP contribution in [0.3, 0.4) is 0 Å². The molecule has 1 aliphatic heterocycles. The molecule has 1 aliphatic rings. The first kappa shape index (κ1) is 13.7. The average molecular weight is 291 g/mol. The zero-order valence-electron chi connectivity index (χ0n) is 11.9. The van der Waals surface area contributed by atoms with E-state index in [4.69, 9.17) is 20.9 Å². The first-order chi connectivity index (χ1) is 9.94. The van der Waals surface area contributed by atoms with Crippen LogP contribution in [-0.4, -0.2) is 44.0 Å². The van der Waals surface area contributed by atoms with Gasteiger partial charge in [-0.1, -0.05) is 0 Å². The van der Waals surface area contributed by atoms with Crippen molar-refractivity contribution in [2.45, 2.75) is 32.3 Å². The van der Waals surface area contributed by atoms with E-state index >= 15 is 0 Å². The molecule has 4 N–H and O–H groups in total. The minimum atomic E-state index is -0.556. The summed E-state index contributed by atoms with van der Waals surface area (Å²) in [6, 6.07) is 0. The summed E-state index contributed by atoms with van der Waals surface area (Å²) in [5.41, 5.74) is 12.0. The van der Waals surface area contributed by atoms with E-state index in [1.54, 1.807) is 6.33 Å². The lowest BCUT2D eigenvalue weighted by Crippen LogP contribution is -2.24. The number of nitrogens with zero attached hydrogens (tertiary/aromatic N) is 5. The Labute approximate surface area is 121 Å². The maximum absolute atomic E-state index is 5.78. The highest BCUT2D eigenvalue weighted by atomic mass is 16.7. The maximum atomic E-state index is 5.78. The van der Waals surface area contributed by atoms with Crippen molar-refractivity contribution in [3.8, 4) is 0 Å². The average Bonchev–Trinajstić information content (AvgIpc) is 2.94. The van der Waals surface area contributed by atoms with Gasteiger partial charge in [-0.3, -0.25) is 0 Å². The van der Waals surface area contributed by atoms with Gasteiger partial charge in [-0.05, 0) is 13.8 Å². The van der Waals surface area contributed by atoms with E-state index in [0.717, 1.165) is 0 Å². The highest BCUT2D eigenvalue weighted by Gasteiger charge is 2.33. The van der Waals surface area contributed by atoms with Gasteiger partial charge in [-0.2, -0.15) is 4.99 Å². The molecular weight excluding hydrogens is 274 g/mol. The summed E-state index contributed by atoms with van der Waals surface area (Å²) in [7, 11) is 0. The van der Waals surface area contributed by atoms with E-state index in [1.165, 1.54) is 6.33 Å². The Balaban J connectivity index is 1.89. The van der Waals surface area contributed by atoms with Crippen LogP contribution in [0.5, 0.6) is 0 Å². The van der Waals surface area contributed by atoms with E-state index in [2.05, 4.69) is 19.9 Å². The zero-order chi connectivity index (χ0) is 15.0. The molecule has 1 atom stereocenters. The van der Waals surface area contributed by atoms with E-state index in [0.29, 0.717) is 30.1 Å². The highest BCUT2D eigenvalue weighted by Crippen LogP contribution is 2.25. The molecule has 3 heterocycles. The number of hydrogen-bond donors (Lipinski definition) is 2. The molecule has 0 aromatic carbocycles. The fourth-order valence-electron chi connectivity index (χ4n) is 2.28. The van der Waals surface area contributed by atoms with Crippen LogP contribution in [-0.2, 0) is 16.0 Å². The molecule has 0 amide bonds. The van der Waals surface area contributed by atoms with Crippen LogP contribution < -0.4 is 11.5 Å². The molecule has 21 heavy (non-hydrogen) atoms. The minimum Gasteiger partial charge on any atom is -0.370 e. The summed E-state index contributed by atoms with van der Waals surface area (Å²) in [6.07, 6.45) is 3.01. The summed E-state index contributed by atoms with van der Waals surface area (Å²) in [6.45, 7) is 4.88. The molecule has 0 spiro atoms. The summed E-state index contributed by atoms with van der Waals surface area (Å²) < 4.78 is 13.2. The molecule has 1 saturated heterocycles. The van der Waals surface area contributed by atoms with Crippen molar-refractivity contribution < 1.29 is 9.47 Å². The first-order valence-electron chi connectivity index (χ1n) is 6.52. The van der Waals surface area contributed by atoms with Crippen LogP contribution >= 0.6 is 0 Å². The van der Waals surface area contributed by atoms with Crippen LogP contribution in [0, 0.1) is 0 Å². The Morgan fingerprint density at radius 3 is 2.90 bits per heavy atom. The lowest BCUT2D eigenvalue weighted by molar-refractivity contribution is -0.139. The lowest BCUT2D eigenvalue weighted by atomic mass is 10.3. The SMILES string of the molecule is CC1(C)OCC(Cn2cnc3c(N=C(N)N)ncnc32)O1. The zero-order valence-corrected chi connectivity index (χ0v) is 11.9. The second kappa shape index (κ2) is 4.93. The Hall–Kier alpha value is -2.26.